The number of aryl methyl sites for hydroxylation is 1. The van der Waals surface area contributed by atoms with Crippen LogP contribution in [0.5, 0.6) is 0 Å². The van der Waals surface area contributed by atoms with Gasteiger partial charge < -0.3 is 10.6 Å². The molecule has 0 aromatic carbocycles. The number of rotatable bonds is 2. The summed E-state index contributed by atoms with van der Waals surface area (Å²) in [6, 6.07) is 2.02. The van der Waals surface area contributed by atoms with Crippen molar-refractivity contribution >= 4 is 5.82 Å². The van der Waals surface area contributed by atoms with Crippen molar-refractivity contribution in [2.75, 3.05) is 18.0 Å². The average Bonchev–Trinajstić information content (AvgIpc) is 2.96. The van der Waals surface area contributed by atoms with Crippen molar-refractivity contribution in [1.82, 2.24) is 9.97 Å². The highest BCUT2D eigenvalue weighted by Gasteiger charge is 2.50. The van der Waals surface area contributed by atoms with E-state index in [9.17, 15) is 0 Å². The molecule has 4 heteroatoms. The van der Waals surface area contributed by atoms with Crippen LogP contribution in [-0.2, 0) is 0 Å². The van der Waals surface area contributed by atoms with Crippen LogP contribution in [-0.4, -0.2) is 28.6 Å². The first-order valence-electron chi connectivity index (χ1n) is 5.50. The van der Waals surface area contributed by atoms with E-state index < -0.39 is 0 Å². The summed E-state index contributed by atoms with van der Waals surface area (Å²) in [6.45, 7) is 3.89. The maximum absolute atomic E-state index is 6.29. The van der Waals surface area contributed by atoms with Gasteiger partial charge in [0.05, 0.1) is 5.54 Å². The van der Waals surface area contributed by atoms with Gasteiger partial charge in [0.15, 0.2) is 0 Å². The molecule has 1 aromatic rings. The highest BCUT2D eigenvalue weighted by Crippen LogP contribution is 2.43. The van der Waals surface area contributed by atoms with Gasteiger partial charge in [-0.2, -0.15) is 0 Å². The summed E-state index contributed by atoms with van der Waals surface area (Å²) < 4.78 is 0. The first-order chi connectivity index (χ1) is 7.17. The highest BCUT2D eigenvalue weighted by atomic mass is 15.3. The third-order valence-electron chi connectivity index (χ3n) is 3.47. The monoisotopic (exact) mass is 204 g/mol. The Bertz CT molecular complexity index is 380. The van der Waals surface area contributed by atoms with Gasteiger partial charge >= 0.3 is 0 Å². The van der Waals surface area contributed by atoms with Crippen molar-refractivity contribution in [2.24, 2.45) is 11.7 Å². The molecule has 0 unspecified atom stereocenters. The average molecular weight is 204 g/mol. The van der Waals surface area contributed by atoms with E-state index in [0.717, 1.165) is 30.5 Å². The van der Waals surface area contributed by atoms with E-state index in [1.165, 1.54) is 12.8 Å². The Morgan fingerprint density at radius 3 is 2.73 bits per heavy atom. The summed E-state index contributed by atoms with van der Waals surface area (Å²) in [5.74, 6) is 1.78. The SMILES string of the molecule is Cc1cc(N2CC(N)(C3CC3)C2)ncn1. The first kappa shape index (κ1) is 9.09. The Morgan fingerprint density at radius 1 is 1.40 bits per heavy atom. The van der Waals surface area contributed by atoms with E-state index in [0.29, 0.717) is 0 Å². The van der Waals surface area contributed by atoms with E-state index in [-0.39, 0.29) is 5.54 Å². The second kappa shape index (κ2) is 2.92. The van der Waals surface area contributed by atoms with Gasteiger partial charge in [0.2, 0.25) is 0 Å². The van der Waals surface area contributed by atoms with Gasteiger partial charge in [-0.15, -0.1) is 0 Å². The Morgan fingerprint density at radius 2 is 2.13 bits per heavy atom. The predicted octanol–water partition coefficient (Wildman–Crippen LogP) is 0.713. The molecule has 1 saturated heterocycles. The van der Waals surface area contributed by atoms with Gasteiger partial charge in [-0.25, -0.2) is 9.97 Å². The minimum atomic E-state index is 0.0683. The molecule has 1 aliphatic heterocycles. The van der Waals surface area contributed by atoms with Crippen molar-refractivity contribution in [1.29, 1.82) is 0 Å². The quantitative estimate of drug-likeness (QED) is 0.771. The molecule has 0 spiro atoms. The van der Waals surface area contributed by atoms with Crippen LogP contribution < -0.4 is 10.6 Å². The summed E-state index contributed by atoms with van der Waals surface area (Å²) in [5.41, 5.74) is 7.37. The second-order valence-electron chi connectivity index (χ2n) is 4.88. The summed E-state index contributed by atoms with van der Waals surface area (Å²) >= 11 is 0. The van der Waals surface area contributed by atoms with Crippen LogP contribution in [0.4, 0.5) is 5.82 Å². The fourth-order valence-electron chi connectivity index (χ4n) is 2.36. The lowest BCUT2D eigenvalue weighted by molar-refractivity contribution is 0.289. The summed E-state index contributed by atoms with van der Waals surface area (Å²) in [7, 11) is 0. The van der Waals surface area contributed by atoms with Gasteiger partial charge in [0.25, 0.3) is 0 Å². The summed E-state index contributed by atoms with van der Waals surface area (Å²) in [4.78, 5) is 10.6. The van der Waals surface area contributed by atoms with E-state index in [1.54, 1.807) is 6.33 Å². The minimum absolute atomic E-state index is 0.0683. The van der Waals surface area contributed by atoms with Gasteiger partial charge in [-0.3, -0.25) is 0 Å². The third-order valence-corrected chi connectivity index (χ3v) is 3.47. The number of nitrogens with zero attached hydrogens (tertiary/aromatic N) is 3. The lowest BCUT2D eigenvalue weighted by Gasteiger charge is -2.49. The molecule has 2 heterocycles. The van der Waals surface area contributed by atoms with Crippen molar-refractivity contribution in [3.63, 3.8) is 0 Å². The van der Waals surface area contributed by atoms with Crippen LogP contribution in [0.1, 0.15) is 18.5 Å². The molecule has 4 nitrogen and oxygen atoms in total. The van der Waals surface area contributed by atoms with Crippen LogP contribution in [0.15, 0.2) is 12.4 Å². The molecule has 1 saturated carbocycles. The molecular formula is C11H16N4. The Kier molecular flexibility index (Phi) is 1.77. The van der Waals surface area contributed by atoms with Crippen LogP contribution in [0.3, 0.4) is 0 Å². The Hall–Kier alpha value is -1.16. The van der Waals surface area contributed by atoms with E-state index in [4.69, 9.17) is 5.73 Å². The van der Waals surface area contributed by atoms with Gasteiger partial charge in [0, 0.05) is 24.8 Å². The zero-order valence-corrected chi connectivity index (χ0v) is 8.98. The summed E-state index contributed by atoms with van der Waals surface area (Å²) in [5, 5.41) is 0. The van der Waals surface area contributed by atoms with Crippen molar-refractivity contribution in [3.05, 3.63) is 18.1 Å². The van der Waals surface area contributed by atoms with Crippen LogP contribution >= 0.6 is 0 Å². The zero-order valence-electron chi connectivity index (χ0n) is 8.98. The zero-order chi connectivity index (χ0) is 10.5. The Balaban J connectivity index is 1.71. The molecule has 0 bridgehead atoms. The molecule has 2 N–H and O–H groups in total. The lowest BCUT2D eigenvalue weighted by Crippen LogP contribution is -2.69. The first-order valence-corrected chi connectivity index (χ1v) is 5.50. The Labute approximate surface area is 89.5 Å². The van der Waals surface area contributed by atoms with E-state index in [1.807, 2.05) is 13.0 Å². The minimum Gasteiger partial charge on any atom is -0.353 e. The number of anilines is 1. The molecule has 0 atom stereocenters. The fourth-order valence-corrected chi connectivity index (χ4v) is 2.36. The van der Waals surface area contributed by atoms with Crippen molar-refractivity contribution in [2.45, 2.75) is 25.3 Å². The number of nitrogens with two attached hydrogens (primary N) is 1. The predicted molar refractivity (Wildman–Crippen MR) is 58.6 cm³/mol. The molecular weight excluding hydrogens is 188 g/mol. The van der Waals surface area contributed by atoms with Crippen molar-refractivity contribution in [3.8, 4) is 0 Å². The maximum atomic E-state index is 6.29. The van der Waals surface area contributed by atoms with E-state index in [2.05, 4.69) is 14.9 Å². The molecule has 2 fully saturated rings. The molecule has 15 heavy (non-hydrogen) atoms. The molecule has 0 radical (unpaired) electrons. The smallest absolute Gasteiger partial charge is 0.132 e. The fraction of sp³-hybridized carbons (Fsp3) is 0.636. The molecule has 1 aromatic heterocycles. The molecule has 3 rings (SSSR count). The standard InChI is InChI=1S/C11H16N4/c1-8-4-10(14-7-13-8)15-5-11(12,6-15)9-2-3-9/h4,7,9H,2-3,5-6,12H2,1H3. The number of hydrogen-bond donors (Lipinski definition) is 1. The molecule has 0 amide bonds. The third kappa shape index (κ3) is 1.49. The van der Waals surface area contributed by atoms with Crippen LogP contribution in [0.25, 0.3) is 0 Å². The van der Waals surface area contributed by atoms with E-state index >= 15 is 0 Å². The molecule has 2 aliphatic rings. The largest absolute Gasteiger partial charge is 0.353 e. The molecule has 1 aliphatic carbocycles. The number of aromatic nitrogens is 2. The van der Waals surface area contributed by atoms with Crippen molar-refractivity contribution < 1.29 is 0 Å². The lowest BCUT2D eigenvalue weighted by atomic mass is 9.86. The van der Waals surface area contributed by atoms with Crippen LogP contribution in [0.2, 0.25) is 0 Å². The summed E-state index contributed by atoms with van der Waals surface area (Å²) in [6.07, 6.45) is 4.25. The molecule has 80 valence electrons. The van der Waals surface area contributed by atoms with Crippen LogP contribution in [0, 0.1) is 12.8 Å². The van der Waals surface area contributed by atoms with Gasteiger partial charge in [-0.05, 0) is 25.7 Å². The number of hydrogen-bond acceptors (Lipinski definition) is 4. The topological polar surface area (TPSA) is 55.0 Å². The normalized spacial score (nSPS) is 23.7. The van der Waals surface area contributed by atoms with Gasteiger partial charge in [0.1, 0.15) is 12.1 Å². The highest BCUT2D eigenvalue weighted by molar-refractivity contribution is 5.45. The van der Waals surface area contributed by atoms with Gasteiger partial charge in [-0.1, -0.05) is 0 Å². The second-order valence-corrected chi connectivity index (χ2v) is 4.88. The maximum Gasteiger partial charge on any atom is 0.132 e.